The summed E-state index contributed by atoms with van der Waals surface area (Å²) in [6.45, 7) is 1.08. The number of carbonyl (C=O) groups is 1. The first-order valence-electron chi connectivity index (χ1n) is 3.24. The molecule has 0 rings (SSSR count). The van der Waals surface area contributed by atoms with E-state index < -0.39 is 30.5 Å². The summed E-state index contributed by atoms with van der Waals surface area (Å²) >= 11 is 0. The molecule has 0 aromatic carbocycles. The van der Waals surface area contributed by atoms with E-state index in [1.165, 1.54) is 0 Å². The van der Waals surface area contributed by atoms with E-state index in [-0.39, 0.29) is 0 Å². The molecule has 12 heavy (non-hydrogen) atoms. The summed E-state index contributed by atoms with van der Waals surface area (Å²) in [5, 5.41) is 34.7. The van der Waals surface area contributed by atoms with Crippen molar-refractivity contribution in [1.82, 2.24) is 0 Å². The van der Waals surface area contributed by atoms with Crippen LogP contribution in [0.2, 0.25) is 0 Å². The molecule has 0 radical (unpaired) electrons. The summed E-state index contributed by atoms with van der Waals surface area (Å²) in [4.78, 5) is 9.82. The Labute approximate surface area is 68.1 Å². The quantitative estimate of drug-likeness (QED) is 0.375. The summed E-state index contributed by atoms with van der Waals surface area (Å²) in [5.41, 5.74) is 0. The van der Waals surface area contributed by atoms with Gasteiger partial charge >= 0.3 is 0 Å². The second kappa shape index (κ2) is 3.90. The molecule has 0 amide bonds. The lowest BCUT2D eigenvalue weighted by Crippen LogP contribution is -2.50. The van der Waals surface area contributed by atoms with Crippen molar-refractivity contribution in [2.75, 3.05) is 0 Å². The molecule has 6 heteroatoms. The van der Waals surface area contributed by atoms with Gasteiger partial charge in [0.2, 0.25) is 0 Å². The van der Waals surface area contributed by atoms with Crippen LogP contribution in [-0.4, -0.2) is 50.9 Å². The fourth-order valence-corrected chi connectivity index (χ4v) is 0.573. The number of hydrogen-bond acceptors (Lipinski definition) is 5. The van der Waals surface area contributed by atoms with Gasteiger partial charge in [-0.3, -0.25) is 4.79 Å². The zero-order valence-electron chi connectivity index (χ0n) is 6.38. The maximum absolute atomic E-state index is 12.5. The highest BCUT2D eigenvalue weighted by Crippen LogP contribution is 2.14. The maximum Gasteiger partial charge on any atom is 0.291 e. The topological polar surface area (TPSA) is 98.0 Å². The fraction of sp³-hybridized carbons (Fsp3) is 0.833. The number of aldehydes is 1. The normalized spacial score (nSPS) is 23.8. The third-order valence-electron chi connectivity index (χ3n) is 1.40. The van der Waals surface area contributed by atoms with Crippen LogP contribution in [0, 0.1) is 0 Å². The Hall–Kier alpha value is -0.560. The minimum Gasteiger partial charge on any atom is -0.391 e. The number of rotatable bonds is 4. The van der Waals surface area contributed by atoms with Crippen molar-refractivity contribution in [2.45, 2.75) is 31.1 Å². The Morgan fingerprint density at radius 1 is 1.42 bits per heavy atom. The molecule has 5 nitrogen and oxygen atoms in total. The number of hydrogen-bond donors (Lipinski definition) is 4. The second-order valence-corrected chi connectivity index (χ2v) is 2.52. The first-order valence-corrected chi connectivity index (χ1v) is 3.24. The summed E-state index contributed by atoms with van der Waals surface area (Å²) in [6, 6.07) is 0. The highest BCUT2D eigenvalue weighted by atomic mass is 19.2. The van der Waals surface area contributed by atoms with Crippen molar-refractivity contribution in [2.24, 2.45) is 0 Å². The van der Waals surface area contributed by atoms with Crippen LogP contribution in [0.3, 0.4) is 0 Å². The van der Waals surface area contributed by atoms with Crippen molar-refractivity contribution in [1.29, 1.82) is 0 Å². The number of halogens is 1. The Balaban J connectivity index is 4.37. The molecule has 0 saturated heterocycles. The molecular formula is C6H11FO5. The van der Waals surface area contributed by atoms with Gasteiger partial charge in [0, 0.05) is 0 Å². The predicted octanol–water partition coefficient (Wildman–Crippen LogP) is -2.05. The van der Waals surface area contributed by atoms with Crippen molar-refractivity contribution >= 4 is 6.29 Å². The molecule has 0 bridgehead atoms. The molecule has 0 aliphatic carbocycles. The average Bonchev–Trinajstić information content (AvgIpc) is 2.01. The van der Waals surface area contributed by atoms with Gasteiger partial charge in [-0.15, -0.1) is 0 Å². The molecule has 0 aromatic rings. The van der Waals surface area contributed by atoms with Crippen molar-refractivity contribution in [3.8, 4) is 0 Å². The van der Waals surface area contributed by atoms with E-state index in [9.17, 15) is 9.18 Å². The lowest BCUT2D eigenvalue weighted by molar-refractivity contribution is -0.201. The van der Waals surface area contributed by atoms with Crippen molar-refractivity contribution < 1.29 is 29.6 Å². The fourth-order valence-electron chi connectivity index (χ4n) is 0.573. The van der Waals surface area contributed by atoms with Crippen LogP contribution < -0.4 is 0 Å². The first-order chi connectivity index (χ1) is 5.33. The molecule has 0 spiro atoms. The lowest BCUT2D eigenvalue weighted by Gasteiger charge is -2.25. The van der Waals surface area contributed by atoms with Crippen molar-refractivity contribution in [3.05, 3.63) is 0 Å². The SMILES string of the molecule is CC(O)C(O)C(O)[C@@](O)(F)C=O. The number of aliphatic hydroxyl groups excluding tert-OH is 3. The Morgan fingerprint density at radius 3 is 2.08 bits per heavy atom. The second-order valence-electron chi connectivity index (χ2n) is 2.52. The standard InChI is InChI=1S/C6H11FO5/c1-3(9)4(10)5(11)6(7,12)2-8/h2-5,9-12H,1H3/t3?,4?,5?,6-/m1/s1. The van der Waals surface area contributed by atoms with E-state index in [1.54, 1.807) is 0 Å². The average molecular weight is 182 g/mol. The molecule has 0 aliphatic rings. The smallest absolute Gasteiger partial charge is 0.291 e. The molecular weight excluding hydrogens is 171 g/mol. The van der Waals surface area contributed by atoms with Crippen LogP contribution in [0.25, 0.3) is 0 Å². The third-order valence-corrected chi connectivity index (χ3v) is 1.40. The third kappa shape index (κ3) is 2.49. The summed E-state index contributed by atoms with van der Waals surface area (Å²) in [5.74, 6) is -3.53. The first kappa shape index (κ1) is 11.4. The predicted molar refractivity (Wildman–Crippen MR) is 35.8 cm³/mol. The van der Waals surface area contributed by atoms with Crippen LogP contribution in [-0.2, 0) is 4.79 Å². The van der Waals surface area contributed by atoms with Gasteiger partial charge in [0.1, 0.15) is 12.2 Å². The Bertz CT molecular complexity index is 158. The minimum atomic E-state index is -3.53. The zero-order chi connectivity index (χ0) is 9.94. The molecule has 0 aromatic heterocycles. The summed E-state index contributed by atoms with van der Waals surface area (Å²) in [7, 11) is 0. The summed E-state index contributed by atoms with van der Waals surface area (Å²) in [6.07, 6.45) is -6.26. The van der Waals surface area contributed by atoms with Crippen LogP contribution in [0.15, 0.2) is 0 Å². The van der Waals surface area contributed by atoms with Crippen LogP contribution in [0.1, 0.15) is 6.92 Å². The molecule has 3 unspecified atom stereocenters. The van der Waals surface area contributed by atoms with Gasteiger partial charge in [-0.25, -0.2) is 4.39 Å². The minimum absolute atomic E-state index is 0.552. The van der Waals surface area contributed by atoms with E-state index >= 15 is 0 Å². The lowest BCUT2D eigenvalue weighted by atomic mass is 10.0. The van der Waals surface area contributed by atoms with Gasteiger partial charge in [0.05, 0.1) is 6.10 Å². The van der Waals surface area contributed by atoms with E-state index in [0.717, 1.165) is 6.92 Å². The highest BCUT2D eigenvalue weighted by molar-refractivity contribution is 5.60. The van der Waals surface area contributed by atoms with E-state index in [1.807, 2.05) is 0 Å². The van der Waals surface area contributed by atoms with Crippen LogP contribution >= 0.6 is 0 Å². The molecule has 72 valence electrons. The molecule has 4 N–H and O–H groups in total. The van der Waals surface area contributed by atoms with E-state index in [4.69, 9.17) is 20.4 Å². The van der Waals surface area contributed by atoms with Crippen LogP contribution in [0.4, 0.5) is 4.39 Å². The summed E-state index contributed by atoms with van der Waals surface area (Å²) < 4.78 is 12.5. The van der Waals surface area contributed by atoms with Crippen LogP contribution in [0.5, 0.6) is 0 Å². The van der Waals surface area contributed by atoms with Gasteiger partial charge < -0.3 is 20.4 Å². The molecule has 0 heterocycles. The zero-order valence-corrected chi connectivity index (χ0v) is 6.38. The maximum atomic E-state index is 12.5. The van der Waals surface area contributed by atoms with Gasteiger partial charge in [-0.05, 0) is 6.92 Å². The number of carbonyl (C=O) groups excluding carboxylic acids is 1. The van der Waals surface area contributed by atoms with E-state index in [2.05, 4.69) is 0 Å². The molecule has 0 fully saturated rings. The number of alkyl halides is 1. The largest absolute Gasteiger partial charge is 0.391 e. The molecule has 0 aliphatic heterocycles. The Morgan fingerprint density at radius 2 is 1.83 bits per heavy atom. The Kier molecular flexibility index (Phi) is 3.72. The molecule has 0 saturated carbocycles. The molecule has 4 atom stereocenters. The van der Waals surface area contributed by atoms with Gasteiger partial charge in [0.15, 0.2) is 6.29 Å². The number of aliphatic hydroxyl groups is 4. The monoisotopic (exact) mass is 182 g/mol. The van der Waals surface area contributed by atoms with Crippen molar-refractivity contribution in [3.63, 3.8) is 0 Å². The van der Waals surface area contributed by atoms with Gasteiger partial charge in [0.25, 0.3) is 5.85 Å². The van der Waals surface area contributed by atoms with Gasteiger partial charge in [-0.1, -0.05) is 0 Å². The highest BCUT2D eigenvalue weighted by Gasteiger charge is 2.41. The van der Waals surface area contributed by atoms with Gasteiger partial charge in [-0.2, -0.15) is 0 Å². The van der Waals surface area contributed by atoms with E-state index in [0.29, 0.717) is 0 Å².